The normalized spacial score (nSPS) is 13.3. The van der Waals surface area contributed by atoms with Crippen LogP contribution in [0.4, 0.5) is 0 Å². The number of esters is 2. The van der Waals surface area contributed by atoms with Gasteiger partial charge in [0.2, 0.25) is 0 Å². The third kappa shape index (κ3) is 33.4. The minimum Gasteiger partial charge on any atom is -0.544 e. The van der Waals surface area contributed by atoms with Crippen LogP contribution in [0.25, 0.3) is 0 Å². The maximum atomic E-state index is 12.6. The van der Waals surface area contributed by atoms with Crippen molar-refractivity contribution in [1.82, 2.24) is 0 Å². The summed E-state index contributed by atoms with van der Waals surface area (Å²) in [5.74, 6) is -1.83. The van der Waals surface area contributed by atoms with Crippen molar-refractivity contribution in [3.63, 3.8) is 0 Å². The number of carbonyl (C=O) groups excluding carboxylic acids is 3. The quantitative estimate of drug-likeness (QED) is 0.0271. The predicted octanol–water partition coefficient (Wildman–Crippen LogP) is 9.74. The van der Waals surface area contributed by atoms with Crippen LogP contribution in [0.5, 0.6) is 0 Å². The zero-order chi connectivity index (χ0) is 38.5. The third-order valence-electron chi connectivity index (χ3n) is 9.26. The Hall–Kier alpha value is -2.45. The van der Waals surface area contributed by atoms with Crippen LogP contribution in [0.2, 0.25) is 0 Å². The second kappa shape index (κ2) is 35.6. The van der Waals surface area contributed by atoms with Gasteiger partial charge < -0.3 is 28.6 Å². The molecule has 0 N–H and O–H groups in total. The molecule has 2 unspecified atom stereocenters. The molecule has 0 aromatic rings. The lowest BCUT2D eigenvalue weighted by atomic mass is 10.1. The maximum Gasteiger partial charge on any atom is 0.306 e. The van der Waals surface area contributed by atoms with Gasteiger partial charge in [-0.25, -0.2) is 0 Å². The van der Waals surface area contributed by atoms with Crippen molar-refractivity contribution in [1.29, 1.82) is 0 Å². The molecule has 0 rings (SSSR count). The van der Waals surface area contributed by atoms with Crippen molar-refractivity contribution in [3.8, 4) is 0 Å². The highest BCUT2D eigenvalue weighted by molar-refractivity contribution is 5.70. The molecule has 2 atom stereocenters. The van der Waals surface area contributed by atoms with E-state index in [1.165, 1.54) is 103 Å². The molecule has 302 valence electrons. The number of hydrogen-bond acceptors (Lipinski definition) is 7. The highest BCUT2D eigenvalue weighted by Crippen LogP contribution is 2.13. The number of allylic oxidation sites excluding steroid dienone is 6. The summed E-state index contributed by atoms with van der Waals surface area (Å²) in [4.78, 5) is 36.7. The number of carboxylic acid groups (broad SMARTS) is 1. The first-order chi connectivity index (χ1) is 25.1. The van der Waals surface area contributed by atoms with Gasteiger partial charge in [-0.2, -0.15) is 0 Å². The fraction of sp³-hybridized carbons (Fsp3) is 0.795. The van der Waals surface area contributed by atoms with Crippen LogP contribution in [0.15, 0.2) is 36.5 Å². The Morgan fingerprint density at radius 3 is 1.60 bits per heavy atom. The molecule has 0 saturated carbocycles. The Labute approximate surface area is 319 Å². The number of rotatable bonds is 37. The molecular formula is C44H79NO7. The minimum atomic E-state index is -1.13. The van der Waals surface area contributed by atoms with Crippen molar-refractivity contribution in [3.05, 3.63) is 36.5 Å². The summed E-state index contributed by atoms with van der Waals surface area (Å²) in [6.07, 6.45) is 38.9. The van der Waals surface area contributed by atoms with Crippen molar-refractivity contribution in [2.24, 2.45) is 0 Å². The number of ether oxygens (including phenoxy) is 3. The summed E-state index contributed by atoms with van der Waals surface area (Å²) in [5, 5.41) is 11.6. The monoisotopic (exact) mass is 734 g/mol. The van der Waals surface area contributed by atoms with Gasteiger partial charge in [0.15, 0.2) is 6.10 Å². The Bertz CT molecular complexity index is 953. The van der Waals surface area contributed by atoms with Gasteiger partial charge in [0, 0.05) is 19.3 Å². The molecule has 0 bridgehead atoms. The Kier molecular flexibility index (Phi) is 33.9. The van der Waals surface area contributed by atoms with Crippen molar-refractivity contribution >= 4 is 17.9 Å². The van der Waals surface area contributed by atoms with Crippen molar-refractivity contribution in [2.45, 2.75) is 187 Å². The van der Waals surface area contributed by atoms with E-state index in [9.17, 15) is 19.5 Å². The lowest BCUT2D eigenvalue weighted by Crippen LogP contribution is -2.55. The predicted molar refractivity (Wildman–Crippen MR) is 213 cm³/mol. The van der Waals surface area contributed by atoms with Crippen LogP contribution in [0.3, 0.4) is 0 Å². The molecule has 0 saturated heterocycles. The molecule has 8 nitrogen and oxygen atoms in total. The van der Waals surface area contributed by atoms with E-state index in [0.717, 1.165) is 32.1 Å². The van der Waals surface area contributed by atoms with Gasteiger partial charge in [0.1, 0.15) is 12.6 Å². The highest BCUT2D eigenvalue weighted by Gasteiger charge is 2.25. The molecule has 0 radical (unpaired) electrons. The first-order valence-electron chi connectivity index (χ1n) is 21.0. The second-order valence-electron chi connectivity index (χ2n) is 15.2. The van der Waals surface area contributed by atoms with Gasteiger partial charge in [-0.1, -0.05) is 134 Å². The molecule has 0 fully saturated rings. The van der Waals surface area contributed by atoms with Crippen LogP contribution >= 0.6 is 0 Å². The standard InChI is InChI=1S/C44H79NO7/c1-6-8-10-12-14-16-18-20-21-23-24-26-28-30-32-34-42(46)51-39-40(38-50-37-36-41(44(48)49)45(3,4)5)52-43(47)35-33-31-29-27-25-22-19-17-15-13-11-9-7-2/h16,18,22,25,29,31,40-41H,6-15,17,19-21,23-24,26-28,30,32-39H2,1-5H3/b18-16+,25-22+,31-29+. The van der Waals surface area contributed by atoms with Crippen molar-refractivity contribution in [2.75, 3.05) is 41.0 Å². The molecular weight excluding hydrogens is 654 g/mol. The van der Waals surface area contributed by atoms with E-state index in [-0.39, 0.29) is 49.1 Å². The van der Waals surface area contributed by atoms with Crippen molar-refractivity contribution < 1.29 is 38.2 Å². The first kappa shape index (κ1) is 49.6. The number of aliphatic carboxylic acids is 1. The molecule has 0 amide bonds. The minimum absolute atomic E-state index is 0.0178. The van der Waals surface area contributed by atoms with E-state index in [0.29, 0.717) is 12.8 Å². The number of nitrogens with zero attached hydrogens (tertiary/aromatic N) is 1. The number of carbonyl (C=O) groups is 3. The van der Waals surface area contributed by atoms with Gasteiger partial charge >= 0.3 is 11.9 Å². The van der Waals surface area contributed by atoms with Crippen LogP contribution in [-0.4, -0.2) is 75.5 Å². The molecule has 0 heterocycles. The number of likely N-dealkylation sites (N-methyl/N-ethyl adjacent to an activating group) is 1. The summed E-state index contributed by atoms with van der Waals surface area (Å²) < 4.78 is 17.1. The molecule has 0 aliphatic heterocycles. The fourth-order valence-corrected chi connectivity index (χ4v) is 5.94. The van der Waals surface area contributed by atoms with Gasteiger partial charge in [-0.15, -0.1) is 0 Å². The number of unbranched alkanes of at least 4 members (excludes halogenated alkanes) is 17. The van der Waals surface area contributed by atoms with Gasteiger partial charge in [-0.05, 0) is 57.8 Å². The molecule has 0 aliphatic rings. The molecule has 0 aromatic carbocycles. The van der Waals surface area contributed by atoms with Crippen LogP contribution in [-0.2, 0) is 28.6 Å². The highest BCUT2D eigenvalue weighted by atomic mass is 16.6. The summed E-state index contributed by atoms with van der Waals surface area (Å²) in [6, 6.07) is -0.733. The maximum absolute atomic E-state index is 12.6. The Morgan fingerprint density at radius 1 is 0.577 bits per heavy atom. The van der Waals surface area contributed by atoms with Gasteiger partial charge in [0.25, 0.3) is 0 Å². The number of carboxylic acids is 1. The zero-order valence-corrected chi connectivity index (χ0v) is 34.2. The smallest absolute Gasteiger partial charge is 0.306 e. The SMILES string of the molecule is CCCCCC/C=C/CCCCCCCCCC(=O)OCC(COCCC(C(=O)[O-])[N+](C)(C)C)OC(=O)CC/C=C/C/C=C/CCCCCCCC. The molecule has 8 heteroatoms. The van der Waals surface area contributed by atoms with Gasteiger partial charge in [-0.3, -0.25) is 9.59 Å². The number of quaternary nitrogens is 1. The van der Waals surface area contributed by atoms with E-state index in [1.807, 2.05) is 6.08 Å². The lowest BCUT2D eigenvalue weighted by Gasteiger charge is -2.34. The lowest BCUT2D eigenvalue weighted by molar-refractivity contribution is -0.889. The summed E-state index contributed by atoms with van der Waals surface area (Å²) in [7, 11) is 5.38. The topological polar surface area (TPSA) is 102 Å². The third-order valence-corrected chi connectivity index (χ3v) is 9.26. The second-order valence-corrected chi connectivity index (χ2v) is 15.2. The number of hydrogen-bond donors (Lipinski definition) is 0. The van der Waals surface area contributed by atoms with Crippen LogP contribution in [0, 0.1) is 0 Å². The fourth-order valence-electron chi connectivity index (χ4n) is 5.94. The average molecular weight is 734 g/mol. The molecule has 0 aromatic heterocycles. The summed E-state index contributed by atoms with van der Waals surface area (Å²) >= 11 is 0. The van der Waals surface area contributed by atoms with E-state index < -0.39 is 18.1 Å². The molecule has 0 aliphatic carbocycles. The van der Waals surface area contributed by atoms with E-state index >= 15 is 0 Å². The van der Waals surface area contributed by atoms with Crippen LogP contribution in [0.1, 0.15) is 174 Å². The van der Waals surface area contributed by atoms with E-state index in [2.05, 4.69) is 44.2 Å². The van der Waals surface area contributed by atoms with Gasteiger partial charge in [0.05, 0.1) is 40.3 Å². The molecule has 52 heavy (non-hydrogen) atoms. The Morgan fingerprint density at radius 2 is 1.06 bits per heavy atom. The molecule has 0 spiro atoms. The van der Waals surface area contributed by atoms with E-state index in [4.69, 9.17) is 14.2 Å². The zero-order valence-electron chi connectivity index (χ0n) is 34.2. The average Bonchev–Trinajstić information content (AvgIpc) is 3.09. The largest absolute Gasteiger partial charge is 0.544 e. The Balaban J connectivity index is 4.44. The van der Waals surface area contributed by atoms with Crippen LogP contribution < -0.4 is 5.11 Å². The summed E-state index contributed by atoms with van der Waals surface area (Å²) in [5.41, 5.74) is 0. The van der Waals surface area contributed by atoms with E-state index in [1.54, 1.807) is 21.1 Å². The first-order valence-corrected chi connectivity index (χ1v) is 21.0. The summed E-state index contributed by atoms with van der Waals surface area (Å²) in [6.45, 7) is 4.57.